The molecule has 0 fully saturated rings. The standard InChI is InChI=1S/C33H28ClN3O6/c1-21-6-7-22(2)37(21)27-9-11-28(12-10-27)41-20-29-13-15-31(43-29)32(38)36-35-18-25-17-26(34)8-14-30(25)42-19-23-4-3-5-24(16-23)33(39)40/h3-18H,19-20H2,1-2H3,(H,36,38)(H,39,40)/b35-18+. The zero-order valence-corrected chi connectivity index (χ0v) is 24.2. The lowest BCUT2D eigenvalue weighted by molar-refractivity contribution is 0.0696. The molecule has 0 saturated heterocycles. The predicted octanol–water partition coefficient (Wildman–Crippen LogP) is 6.96. The fraction of sp³-hybridized carbons (Fsp3) is 0.121. The van der Waals surface area contributed by atoms with E-state index in [-0.39, 0.29) is 24.5 Å². The number of furan rings is 1. The first-order valence-corrected chi connectivity index (χ1v) is 13.7. The Morgan fingerprint density at radius 3 is 2.44 bits per heavy atom. The molecule has 3 aromatic carbocycles. The molecule has 0 saturated carbocycles. The summed E-state index contributed by atoms with van der Waals surface area (Å²) in [5.41, 5.74) is 7.15. The van der Waals surface area contributed by atoms with E-state index in [1.807, 2.05) is 24.3 Å². The van der Waals surface area contributed by atoms with Gasteiger partial charge in [0.1, 0.15) is 30.5 Å². The van der Waals surface area contributed by atoms with Crippen molar-refractivity contribution in [3.8, 4) is 17.2 Å². The number of hydrazone groups is 1. The minimum Gasteiger partial charge on any atom is -0.488 e. The predicted molar refractivity (Wildman–Crippen MR) is 163 cm³/mol. The molecule has 1 amide bonds. The third-order valence-corrected chi connectivity index (χ3v) is 6.78. The maximum absolute atomic E-state index is 12.6. The number of carbonyl (C=O) groups is 2. The number of halogens is 1. The van der Waals surface area contributed by atoms with Crippen LogP contribution in [0, 0.1) is 13.8 Å². The van der Waals surface area contributed by atoms with Crippen LogP contribution in [0.3, 0.4) is 0 Å². The van der Waals surface area contributed by atoms with Crippen LogP contribution in [-0.2, 0) is 13.2 Å². The molecule has 0 aliphatic heterocycles. The van der Waals surface area contributed by atoms with Gasteiger partial charge in [0.05, 0.1) is 11.8 Å². The van der Waals surface area contributed by atoms with Gasteiger partial charge in [-0.25, -0.2) is 10.2 Å². The summed E-state index contributed by atoms with van der Waals surface area (Å²) >= 11 is 6.15. The van der Waals surface area contributed by atoms with Gasteiger partial charge in [-0.3, -0.25) is 4.79 Å². The molecule has 2 N–H and O–H groups in total. The summed E-state index contributed by atoms with van der Waals surface area (Å²) in [7, 11) is 0. The maximum atomic E-state index is 12.6. The van der Waals surface area contributed by atoms with Crippen LogP contribution < -0.4 is 14.9 Å². The number of aryl methyl sites for hydroxylation is 2. The summed E-state index contributed by atoms with van der Waals surface area (Å²) < 4.78 is 19.5. The molecule has 5 rings (SSSR count). The second kappa shape index (κ2) is 13.1. The highest BCUT2D eigenvalue weighted by Crippen LogP contribution is 2.23. The quantitative estimate of drug-likeness (QED) is 0.126. The molecular formula is C33H28ClN3O6. The molecule has 0 aliphatic rings. The second-order valence-corrected chi connectivity index (χ2v) is 10.1. The molecule has 0 radical (unpaired) electrons. The average molecular weight is 598 g/mol. The third kappa shape index (κ3) is 7.33. The topological polar surface area (TPSA) is 115 Å². The van der Waals surface area contributed by atoms with Crippen molar-refractivity contribution in [2.45, 2.75) is 27.1 Å². The highest BCUT2D eigenvalue weighted by molar-refractivity contribution is 6.30. The number of benzene rings is 3. The Kier molecular flexibility index (Phi) is 8.93. The highest BCUT2D eigenvalue weighted by Gasteiger charge is 2.12. The molecule has 0 bridgehead atoms. The number of aromatic nitrogens is 1. The largest absolute Gasteiger partial charge is 0.488 e. The van der Waals surface area contributed by atoms with Crippen LogP contribution in [0.5, 0.6) is 11.5 Å². The number of hydrogen-bond acceptors (Lipinski definition) is 6. The van der Waals surface area contributed by atoms with Crippen molar-refractivity contribution in [2.75, 3.05) is 0 Å². The number of amides is 1. The number of ether oxygens (including phenoxy) is 2. The van der Waals surface area contributed by atoms with Crippen molar-refractivity contribution in [3.63, 3.8) is 0 Å². The van der Waals surface area contributed by atoms with Gasteiger partial charge in [-0.15, -0.1) is 0 Å². The summed E-state index contributed by atoms with van der Waals surface area (Å²) in [6.45, 7) is 4.40. The van der Waals surface area contributed by atoms with Gasteiger partial charge in [0.2, 0.25) is 0 Å². The van der Waals surface area contributed by atoms with Gasteiger partial charge in [0, 0.05) is 27.7 Å². The molecule has 2 aromatic heterocycles. The second-order valence-electron chi connectivity index (χ2n) is 9.68. The maximum Gasteiger partial charge on any atom is 0.335 e. The monoisotopic (exact) mass is 597 g/mol. The minimum absolute atomic E-state index is 0.0746. The Balaban J connectivity index is 1.16. The van der Waals surface area contributed by atoms with Gasteiger partial charge in [-0.05, 0) is 98.3 Å². The van der Waals surface area contributed by atoms with Gasteiger partial charge in [-0.1, -0.05) is 23.7 Å². The number of carboxylic acids is 1. The van der Waals surface area contributed by atoms with Crippen LogP contribution in [0.1, 0.15) is 49.2 Å². The lowest BCUT2D eigenvalue weighted by Crippen LogP contribution is -2.16. The van der Waals surface area contributed by atoms with Crippen molar-refractivity contribution in [1.82, 2.24) is 9.99 Å². The molecule has 0 spiro atoms. The van der Waals surface area contributed by atoms with Crippen LogP contribution in [0.4, 0.5) is 0 Å². The van der Waals surface area contributed by atoms with Crippen LogP contribution in [0.25, 0.3) is 5.69 Å². The van der Waals surface area contributed by atoms with E-state index in [0.717, 1.165) is 17.1 Å². The van der Waals surface area contributed by atoms with Crippen LogP contribution >= 0.6 is 11.6 Å². The number of carbonyl (C=O) groups excluding carboxylic acids is 1. The summed E-state index contributed by atoms with van der Waals surface area (Å²) in [4.78, 5) is 23.8. The number of nitrogens with one attached hydrogen (secondary N) is 1. The molecular weight excluding hydrogens is 570 g/mol. The van der Waals surface area contributed by atoms with Gasteiger partial charge >= 0.3 is 11.9 Å². The average Bonchev–Trinajstić information content (AvgIpc) is 3.62. The van der Waals surface area contributed by atoms with Gasteiger partial charge in [-0.2, -0.15) is 5.10 Å². The fourth-order valence-electron chi connectivity index (χ4n) is 4.42. The molecule has 9 nitrogen and oxygen atoms in total. The van der Waals surface area contributed by atoms with E-state index < -0.39 is 11.9 Å². The number of carboxylic acid groups (broad SMARTS) is 1. The molecule has 0 unspecified atom stereocenters. The molecule has 0 aliphatic carbocycles. The van der Waals surface area contributed by atoms with E-state index in [2.05, 4.69) is 41.1 Å². The van der Waals surface area contributed by atoms with Gasteiger partial charge < -0.3 is 23.6 Å². The Labute approximate surface area is 252 Å². The molecule has 2 heterocycles. The van der Waals surface area contributed by atoms with E-state index in [1.165, 1.54) is 18.3 Å². The molecule has 10 heteroatoms. The summed E-state index contributed by atoms with van der Waals surface area (Å²) in [5, 5.41) is 13.7. The van der Waals surface area contributed by atoms with Crippen LogP contribution in [-0.4, -0.2) is 27.8 Å². The Morgan fingerprint density at radius 1 is 0.930 bits per heavy atom. The van der Waals surface area contributed by atoms with Crippen LogP contribution in [0.15, 0.2) is 101 Å². The first-order valence-electron chi connectivity index (χ1n) is 13.3. The van der Waals surface area contributed by atoms with E-state index in [9.17, 15) is 14.7 Å². The van der Waals surface area contributed by atoms with E-state index in [1.54, 1.807) is 42.5 Å². The third-order valence-electron chi connectivity index (χ3n) is 6.54. The molecule has 5 aromatic rings. The zero-order chi connectivity index (χ0) is 30.3. The van der Waals surface area contributed by atoms with Crippen molar-refractivity contribution in [2.24, 2.45) is 5.10 Å². The number of hydrogen-bond donors (Lipinski definition) is 2. The van der Waals surface area contributed by atoms with Crippen molar-refractivity contribution < 1.29 is 28.6 Å². The van der Waals surface area contributed by atoms with E-state index in [4.69, 9.17) is 25.5 Å². The van der Waals surface area contributed by atoms with Gasteiger partial charge in [0.25, 0.3) is 0 Å². The summed E-state index contributed by atoms with van der Waals surface area (Å²) in [5.74, 6) is 0.120. The summed E-state index contributed by atoms with van der Waals surface area (Å²) in [6.07, 6.45) is 1.40. The molecule has 0 atom stereocenters. The van der Waals surface area contributed by atoms with Crippen molar-refractivity contribution in [1.29, 1.82) is 0 Å². The Hall–Kier alpha value is -5.28. The minimum atomic E-state index is -1.02. The van der Waals surface area contributed by atoms with Crippen molar-refractivity contribution >= 4 is 29.7 Å². The normalized spacial score (nSPS) is 11.0. The molecule has 218 valence electrons. The number of rotatable bonds is 11. The number of aromatic carboxylic acids is 1. The van der Waals surface area contributed by atoms with Crippen molar-refractivity contribution in [3.05, 3.63) is 136 Å². The lowest BCUT2D eigenvalue weighted by Gasteiger charge is -2.10. The Bertz CT molecular complexity index is 1770. The smallest absolute Gasteiger partial charge is 0.335 e. The Morgan fingerprint density at radius 2 is 1.70 bits per heavy atom. The van der Waals surface area contributed by atoms with Crippen LogP contribution in [0.2, 0.25) is 5.02 Å². The fourth-order valence-corrected chi connectivity index (χ4v) is 4.60. The molecule has 43 heavy (non-hydrogen) atoms. The van der Waals surface area contributed by atoms with Gasteiger partial charge in [0.15, 0.2) is 5.76 Å². The first kappa shape index (κ1) is 29.2. The van der Waals surface area contributed by atoms with E-state index in [0.29, 0.717) is 33.4 Å². The first-order chi connectivity index (χ1) is 20.8. The highest BCUT2D eigenvalue weighted by atomic mass is 35.5. The summed E-state index contributed by atoms with van der Waals surface area (Å²) in [6, 6.07) is 26.5. The lowest BCUT2D eigenvalue weighted by atomic mass is 10.1. The number of nitrogens with zero attached hydrogens (tertiary/aromatic N) is 2. The SMILES string of the molecule is Cc1ccc(C)n1-c1ccc(OCc2ccc(C(=O)N/N=C/c3cc(Cl)ccc3OCc3cccc(C(=O)O)c3)o2)cc1. The zero-order valence-electron chi connectivity index (χ0n) is 23.4. The van der Waals surface area contributed by atoms with E-state index >= 15 is 0 Å².